The van der Waals surface area contributed by atoms with Gasteiger partial charge in [-0.05, 0) is 46.9 Å². The summed E-state index contributed by atoms with van der Waals surface area (Å²) in [5.74, 6) is 0. The van der Waals surface area contributed by atoms with E-state index in [9.17, 15) is 13.0 Å². The maximum atomic E-state index is 10.4. The smallest absolute Gasteiger partial charge is 0.744 e. The second kappa shape index (κ2) is 5.52. The van der Waals surface area contributed by atoms with Crippen LogP contribution in [-0.2, 0) is 10.1 Å². The molecule has 0 saturated carbocycles. The van der Waals surface area contributed by atoms with Crippen LogP contribution in [0.25, 0.3) is 0 Å². The molecule has 0 aliphatic carbocycles. The fourth-order valence-corrected chi connectivity index (χ4v) is 1.43. The number of rotatable bonds is 1. The van der Waals surface area contributed by atoms with Crippen molar-refractivity contribution in [3.63, 3.8) is 0 Å². The van der Waals surface area contributed by atoms with Gasteiger partial charge in [0.25, 0.3) is 0 Å². The van der Waals surface area contributed by atoms with E-state index >= 15 is 0 Å². The van der Waals surface area contributed by atoms with Gasteiger partial charge in [0.2, 0.25) is 0 Å². The summed E-state index contributed by atoms with van der Waals surface area (Å²) < 4.78 is 32.1. The van der Waals surface area contributed by atoms with Crippen LogP contribution in [0.2, 0.25) is 0 Å². The van der Waals surface area contributed by atoms with Crippen molar-refractivity contribution in [1.29, 1.82) is 0 Å². The Hall–Kier alpha value is 1.67. The van der Waals surface area contributed by atoms with Gasteiger partial charge in [0.1, 0.15) is 10.1 Å². The van der Waals surface area contributed by atoms with Crippen LogP contribution in [0.4, 0.5) is 0 Å². The average molecular weight is 369 g/mol. The fourth-order valence-electron chi connectivity index (χ4n) is 0.601. The largest absolute Gasteiger partial charge is 1.00 e. The maximum Gasteiger partial charge on any atom is 1.00 e. The molecule has 0 unspecified atom stereocenters. The predicted molar refractivity (Wildman–Crippen MR) is 47.1 cm³/mol. The van der Waals surface area contributed by atoms with E-state index in [0.29, 0.717) is 0 Å². The van der Waals surface area contributed by atoms with Crippen LogP contribution >= 0.6 is 22.6 Å². The molecule has 0 fully saturated rings. The van der Waals surface area contributed by atoms with E-state index in [1.165, 1.54) is 12.1 Å². The molecule has 0 spiro atoms. The van der Waals surface area contributed by atoms with Crippen molar-refractivity contribution in [3.8, 4) is 0 Å². The minimum atomic E-state index is -4.27. The minimum Gasteiger partial charge on any atom is -0.744 e. The summed E-state index contributed by atoms with van der Waals surface area (Å²) in [5, 5.41) is 0. The Morgan fingerprint density at radius 3 is 1.92 bits per heavy atom. The molecule has 0 heterocycles. The van der Waals surface area contributed by atoms with Gasteiger partial charge in [-0.15, -0.1) is 0 Å². The summed E-state index contributed by atoms with van der Waals surface area (Å²) in [6.07, 6.45) is 0. The molecule has 1 rings (SSSR count). The van der Waals surface area contributed by atoms with Crippen molar-refractivity contribution in [3.05, 3.63) is 27.8 Å². The SMILES string of the molecule is O=S(=O)([O-])c1ccc(I)cc1.[Rb+]. The van der Waals surface area contributed by atoms with Crippen molar-refractivity contribution >= 4 is 32.7 Å². The zero-order valence-electron chi connectivity index (χ0n) is 6.32. The Balaban J connectivity index is 0.00000121. The van der Waals surface area contributed by atoms with Gasteiger partial charge in [-0.1, -0.05) is 0 Å². The van der Waals surface area contributed by atoms with Crippen molar-refractivity contribution in [2.45, 2.75) is 4.90 Å². The number of benzene rings is 1. The van der Waals surface area contributed by atoms with Crippen molar-refractivity contribution in [1.82, 2.24) is 0 Å². The van der Waals surface area contributed by atoms with E-state index in [-0.39, 0.29) is 63.1 Å². The Morgan fingerprint density at radius 2 is 1.58 bits per heavy atom. The van der Waals surface area contributed by atoms with Crippen LogP contribution in [0.3, 0.4) is 0 Å². The van der Waals surface area contributed by atoms with Crippen LogP contribution in [0.1, 0.15) is 0 Å². The quantitative estimate of drug-likeness (QED) is 0.434. The normalized spacial score (nSPS) is 10.5. The molecule has 3 nitrogen and oxygen atoms in total. The molecule has 0 aliphatic rings. The molecule has 6 heteroatoms. The van der Waals surface area contributed by atoms with Gasteiger partial charge < -0.3 is 4.55 Å². The molecule has 0 bridgehead atoms. The van der Waals surface area contributed by atoms with Gasteiger partial charge in [0.05, 0.1) is 4.90 Å². The molecular weight excluding hydrogens is 365 g/mol. The molecule has 0 amide bonds. The standard InChI is InChI=1S/C6H5IO3S.Rb/c7-5-1-3-6(4-2-5)11(8,9)10;/h1-4H,(H,8,9,10);/q;+1/p-1. The molecule has 1 aromatic rings. The molecule has 0 radical (unpaired) electrons. The Bertz CT molecular complexity index is 346. The summed E-state index contributed by atoms with van der Waals surface area (Å²) in [7, 11) is -4.27. The Morgan fingerprint density at radius 1 is 1.17 bits per heavy atom. The second-order valence-electron chi connectivity index (χ2n) is 1.91. The van der Waals surface area contributed by atoms with Crippen LogP contribution in [0.5, 0.6) is 0 Å². The first-order valence-corrected chi connectivity index (χ1v) is 5.20. The van der Waals surface area contributed by atoms with E-state index < -0.39 is 10.1 Å². The summed E-state index contributed by atoms with van der Waals surface area (Å²) in [5.41, 5.74) is 0. The Labute approximate surface area is 134 Å². The summed E-state index contributed by atoms with van der Waals surface area (Å²) in [6.45, 7) is 0. The topological polar surface area (TPSA) is 57.2 Å². The van der Waals surface area contributed by atoms with Crippen LogP contribution in [0.15, 0.2) is 29.2 Å². The first-order valence-electron chi connectivity index (χ1n) is 2.71. The van der Waals surface area contributed by atoms with Crippen molar-refractivity contribution < 1.29 is 71.2 Å². The summed E-state index contributed by atoms with van der Waals surface area (Å²) in [4.78, 5) is -0.182. The van der Waals surface area contributed by atoms with Crippen LogP contribution < -0.4 is 58.2 Å². The summed E-state index contributed by atoms with van der Waals surface area (Å²) >= 11 is 2.03. The molecular formula is C6H4IO3RbS. The first-order chi connectivity index (χ1) is 5.00. The van der Waals surface area contributed by atoms with Gasteiger partial charge in [-0.3, -0.25) is 0 Å². The third kappa shape index (κ3) is 4.25. The van der Waals surface area contributed by atoms with Gasteiger partial charge >= 0.3 is 58.2 Å². The van der Waals surface area contributed by atoms with Gasteiger partial charge in [-0.2, -0.15) is 0 Å². The van der Waals surface area contributed by atoms with E-state index in [1.807, 2.05) is 22.6 Å². The number of hydrogen-bond donors (Lipinski definition) is 0. The molecule has 12 heavy (non-hydrogen) atoms. The Kier molecular flexibility index (Phi) is 6.29. The zero-order chi connectivity index (χ0) is 8.48. The van der Waals surface area contributed by atoms with Gasteiger partial charge in [-0.25, -0.2) is 8.42 Å². The minimum absolute atomic E-state index is 0. The maximum absolute atomic E-state index is 10.4. The molecule has 1 aromatic carbocycles. The van der Waals surface area contributed by atoms with Crippen LogP contribution in [0, 0.1) is 3.57 Å². The molecule has 0 aromatic heterocycles. The molecule has 60 valence electrons. The summed E-state index contributed by atoms with van der Waals surface area (Å²) in [6, 6.07) is 5.74. The molecule has 0 N–H and O–H groups in total. The average Bonchev–Trinajstić information content (AvgIpc) is 1.86. The predicted octanol–water partition coefficient (Wildman–Crippen LogP) is -1.80. The second-order valence-corrected chi connectivity index (χ2v) is 4.53. The van der Waals surface area contributed by atoms with E-state index in [1.54, 1.807) is 12.1 Å². The molecule has 0 atom stereocenters. The molecule has 0 aliphatic heterocycles. The van der Waals surface area contributed by atoms with Crippen LogP contribution in [-0.4, -0.2) is 13.0 Å². The van der Waals surface area contributed by atoms with Gasteiger partial charge in [0.15, 0.2) is 0 Å². The first kappa shape index (κ1) is 13.7. The molecule has 0 saturated heterocycles. The van der Waals surface area contributed by atoms with Gasteiger partial charge in [0, 0.05) is 3.57 Å². The monoisotopic (exact) mass is 368 g/mol. The van der Waals surface area contributed by atoms with Crippen molar-refractivity contribution in [2.75, 3.05) is 0 Å². The third-order valence-electron chi connectivity index (χ3n) is 1.10. The number of hydrogen-bond acceptors (Lipinski definition) is 3. The third-order valence-corrected chi connectivity index (χ3v) is 2.67. The van der Waals surface area contributed by atoms with E-state index in [4.69, 9.17) is 0 Å². The van der Waals surface area contributed by atoms with E-state index in [2.05, 4.69) is 0 Å². The number of halogens is 1. The fraction of sp³-hybridized carbons (Fsp3) is 0. The zero-order valence-corrected chi connectivity index (χ0v) is 14.2. The van der Waals surface area contributed by atoms with E-state index in [0.717, 1.165) is 3.57 Å². The van der Waals surface area contributed by atoms with Crippen molar-refractivity contribution in [2.24, 2.45) is 0 Å².